The normalized spacial score (nSPS) is 21.7. The van der Waals surface area contributed by atoms with Crippen molar-refractivity contribution < 1.29 is 9.53 Å². The van der Waals surface area contributed by atoms with Crippen LogP contribution in [-0.2, 0) is 9.53 Å². The summed E-state index contributed by atoms with van der Waals surface area (Å²) in [5, 5.41) is 0. The Morgan fingerprint density at radius 1 is 1.04 bits per heavy atom. The third-order valence-corrected chi connectivity index (χ3v) is 5.68. The molecule has 3 heteroatoms. The van der Waals surface area contributed by atoms with Gasteiger partial charge in [0.2, 0.25) is 0 Å². The third kappa shape index (κ3) is 4.14. The van der Waals surface area contributed by atoms with E-state index in [0.29, 0.717) is 24.9 Å². The van der Waals surface area contributed by atoms with Gasteiger partial charge in [0.15, 0.2) is 0 Å². The van der Waals surface area contributed by atoms with E-state index in [1.54, 1.807) is 0 Å². The number of esters is 1. The highest BCUT2D eigenvalue weighted by atomic mass is 16.5. The number of hydrogen-bond donors (Lipinski definition) is 0. The molecule has 2 atom stereocenters. The fraction of sp³-hybridized carbons (Fsp3) is 0.375. The first kappa shape index (κ1) is 18.0. The number of benzene rings is 2. The van der Waals surface area contributed by atoms with Crippen LogP contribution >= 0.6 is 0 Å². The van der Waals surface area contributed by atoms with Crippen molar-refractivity contribution in [1.29, 1.82) is 0 Å². The van der Waals surface area contributed by atoms with Crippen molar-refractivity contribution in [2.24, 2.45) is 0 Å². The molecular formula is C24H27NO2. The summed E-state index contributed by atoms with van der Waals surface area (Å²) in [6.07, 6.45) is 3.79. The molecule has 0 spiro atoms. The molecule has 1 saturated heterocycles. The van der Waals surface area contributed by atoms with Gasteiger partial charge in [0.05, 0.1) is 13.0 Å². The molecule has 140 valence electrons. The van der Waals surface area contributed by atoms with Crippen molar-refractivity contribution in [2.75, 3.05) is 26.2 Å². The zero-order valence-electron chi connectivity index (χ0n) is 15.9. The van der Waals surface area contributed by atoms with Gasteiger partial charge in [0.1, 0.15) is 0 Å². The Bertz CT molecular complexity index is 796. The van der Waals surface area contributed by atoms with Crippen molar-refractivity contribution in [3.05, 3.63) is 76.9 Å². The number of piperidine rings is 1. The smallest absolute Gasteiger partial charge is 0.309 e. The zero-order chi connectivity index (χ0) is 18.6. The Kier molecular flexibility index (Phi) is 5.40. The van der Waals surface area contributed by atoms with Gasteiger partial charge in [0.25, 0.3) is 0 Å². The van der Waals surface area contributed by atoms with Crippen LogP contribution in [-0.4, -0.2) is 37.1 Å². The summed E-state index contributed by atoms with van der Waals surface area (Å²) >= 11 is 0. The molecule has 1 aliphatic heterocycles. The quantitative estimate of drug-likeness (QED) is 0.704. The molecular weight excluding hydrogens is 334 g/mol. The van der Waals surface area contributed by atoms with Crippen LogP contribution in [0.1, 0.15) is 48.3 Å². The number of likely N-dealkylation sites (tertiary alicyclic amines) is 1. The Labute approximate surface area is 161 Å². The van der Waals surface area contributed by atoms with E-state index in [9.17, 15) is 4.79 Å². The molecule has 2 unspecified atom stereocenters. The summed E-state index contributed by atoms with van der Waals surface area (Å²) in [5.74, 6) is 1.11. The Balaban J connectivity index is 1.51. The molecule has 3 nitrogen and oxygen atoms in total. The average molecular weight is 361 g/mol. The molecule has 0 radical (unpaired) electrons. The summed E-state index contributed by atoms with van der Waals surface area (Å²) < 4.78 is 5.21. The molecule has 0 aromatic heterocycles. The predicted octanol–water partition coefficient (Wildman–Crippen LogP) is 4.61. The second-order valence-electron chi connectivity index (χ2n) is 7.65. The number of carbonyl (C=O) groups excluding carboxylic acids is 1. The number of nitrogens with zero attached hydrogens (tertiary/aromatic N) is 1. The molecule has 2 aromatic rings. The average Bonchev–Trinajstić information content (AvgIpc) is 2.93. The van der Waals surface area contributed by atoms with Gasteiger partial charge < -0.3 is 4.74 Å². The molecule has 0 N–H and O–H groups in total. The lowest BCUT2D eigenvalue weighted by atomic mass is 9.95. The number of ether oxygens (including phenoxy) is 1. The van der Waals surface area contributed by atoms with E-state index in [0.717, 1.165) is 30.8 Å². The van der Waals surface area contributed by atoms with Crippen LogP contribution < -0.4 is 0 Å². The zero-order valence-corrected chi connectivity index (χ0v) is 15.9. The SMILES string of the molecule is CCOC(=O)C/C(=C\c1ccccc1)CN1CC2CC(C1)c1ccccc12. The molecule has 1 fully saturated rings. The van der Waals surface area contributed by atoms with Crippen molar-refractivity contribution in [2.45, 2.75) is 31.6 Å². The molecule has 4 rings (SSSR count). The van der Waals surface area contributed by atoms with Crippen LogP contribution in [0, 0.1) is 0 Å². The topological polar surface area (TPSA) is 29.5 Å². The summed E-state index contributed by atoms with van der Waals surface area (Å²) in [5.41, 5.74) is 5.33. The van der Waals surface area contributed by atoms with Crippen molar-refractivity contribution in [3.8, 4) is 0 Å². The van der Waals surface area contributed by atoms with E-state index in [2.05, 4.69) is 47.4 Å². The van der Waals surface area contributed by atoms with Crippen LogP contribution in [0.4, 0.5) is 0 Å². The fourth-order valence-electron chi connectivity index (χ4n) is 4.65. The second kappa shape index (κ2) is 8.10. The lowest BCUT2D eigenvalue weighted by molar-refractivity contribution is -0.142. The van der Waals surface area contributed by atoms with Gasteiger partial charge in [-0.2, -0.15) is 0 Å². The predicted molar refractivity (Wildman–Crippen MR) is 109 cm³/mol. The maximum atomic E-state index is 12.1. The number of carbonyl (C=O) groups is 1. The van der Waals surface area contributed by atoms with Gasteiger partial charge in [-0.05, 0) is 47.4 Å². The molecule has 27 heavy (non-hydrogen) atoms. The summed E-state index contributed by atoms with van der Waals surface area (Å²) in [6, 6.07) is 19.2. The minimum Gasteiger partial charge on any atom is -0.466 e. The van der Waals surface area contributed by atoms with Crippen LogP contribution in [0.25, 0.3) is 6.08 Å². The lowest BCUT2D eigenvalue weighted by Gasteiger charge is -2.32. The van der Waals surface area contributed by atoms with Gasteiger partial charge >= 0.3 is 5.97 Å². The highest BCUT2D eigenvalue weighted by Gasteiger charge is 2.37. The third-order valence-electron chi connectivity index (χ3n) is 5.68. The van der Waals surface area contributed by atoms with Crippen molar-refractivity contribution in [1.82, 2.24) is 4.90 Å². The van der Waals surface area contributed by atoms with Crippen LogP contribution in [0.3, 0.4) is 0 Å². The first-order chi connectivity index (χ1) is 13.2. The molecule has 1 heterocycles. The first-order valence-electron chi connectivity index (χ1n) is 9.94. The molecule has 0 amide bonds. The van der Waals surface area contributed by atoms with Crippen molar-refractivity contribution in [3.63, 3.8) is 0 Å². The Morgan fingerprint density at radius 3 is 2.30 bits per heavy atom. The van der Waals surface area contributed by atoms with Crippen LogP contribution in [0.15, 0.2) is 60.2 Å². The van der Waals surface area contributed by atoms with Gasteiger partial charge in [-0.25, -0.2) is 0 Å². The van der Waals surface area contributed by atoms with E-state index >= 15 is 0 Å². The maximum Gasteiger partial charge on any atom is 0.309 e. The lowest BCUT2D eigenvalue weighted by Crippen LogP contribution is -2.36. The first-order valence-corrected chi connectivity index (χ1v) is 9.94. The van der Waals surface area contributed by atoms with E-state index in [-0.39, 0.29) is 5.97 Å². The number of hydrogen-bond acceptors (Lipinski definition) is 3. The molecule has 1 aliphatic carbocycles. The van der Waals surface area contributed by atoms with E-state index in [1.807, 2.05) is 25.1 Å². The fourth-order valence-corrected chi connectivity index (χ4v) is 4.65. The molecule has 0 saturated carbocycles. The van der Waals surface area contributed by atoms with Crippen molar-refractivity contribution >= 4 is 12.0 Å². The minimum absolute atomic E-state index is 0.136. The standard InChI is InChI=1S/C24H27NO2/c1-2-27-24(26)13-19(12-18-8-4-3-5-9-18)15-25-16-20-14-21(17-25)23-11-7-6-10-22(20)23/h3-12,20-21H,2,13-17H2,1H3/b19-12+. The van der Waals surface area contributed by atoms with Gasteiger partial charge in [-0.15, -0.1) is 0 Å². The van der Waals surface area contributed by atoms with E-state index in [4.69, 9.17) is 4.74 Å². The van der Waals surface area contributed by atoms with E-state index < -0.39 is 0 Å². The molecule has 2 aromatic carbocycles. The minimum atomic E-state index is -0.136. The Morgan fingerprint density at radius 2 is 1.67 bits per heavy atom. The van der Waals surface area contributed by atoms with Gasteiger partial charge in [-0.3, -0.25) is 9.69 Å². The van der Waals surface area contributed by atoms with Gasteiger partial charge in [0, 0.05) is 19.6 Å². The largest absolute Gasteiger partial charge is 0.466 e. The Hall–Kier alpha value is -2.39. The van der Waals surface area contributed by atoms with Gasteiger partial charge in [-0.1, -0.05) is 60.7 Å². The summed E-state index contributed by atoms with van der Waals surface area (Å²) in [6.45, 7) is 5.26. The second-order valence-corrected chi connectivity index (χ2v) is 7.65. The maximum absolute atomic E-state index is 12.1. The van der Waals surface area contributed by atoms with Crippen LogP contribution in [0.2, 0.25) is 0 Å². The summed E-state index contributed by atoms with van der Waals surface area (Å²) in [7, 11) is 0. The number of rotatable bonds is 6. The summed E-state index contributed by atoms with van der Waals surface area (Å²) in [4.78, 5) is 14.6. The monoisotopic (exact) mass is 361 g/mol. The highest BCUT2D eigenvalue weighted by Crippen LogP contribution is 2.45. The molecule has 2 aliphatic rings. The van der Waals surface area contributed by atoms with E-state index in [1.165, 1.54) is 17.5 Å². The molecule has 2 bridgehead atoms. The van der Waals surface area contributed by atoms with Crippen LogP contribution in [0.5, 0.6) is 0 Å². The highest BCUT2D eigenvalue weighted by molar-refractivity contribution is 5.75. The number of fused-ring (bicyclic) bond motifs is 5.